The number of carboxylic acid groups (broad SMARTS) is 1. The number of carbonyl (C=O) groups is 1. The van der Waals surface area contributed by atoms with Crippen molar-refractivity contribution in [2.45, 2.75) is 31.7 Å². The van der Waals surface area contributed by atoms with Gasteiger partial charge in [-0.3, -0.25) is 4.57 Å². The van der Waals surface area contributed by atoms with Crippen molar-refractivity contribution in [3.05, 3.63) is 5.82 Å². The van der Waals surface area contributed by atoms with Gasteiger partial charge in [-0.1, -0.05) is 12.8 Å². The van der Waals surface area contributed by atoms with Gasteiger partial charge in [-0.05, 0) is 12.8 Å². The van der Waals surface area contributed by atoms with Gasteiger partial charge in [0.25, 0.3) is 0 Å². The second-order valence-corrected chi connectivity index (χ2v) is 4.33. The zero-order valence-electron chi connectivity index (χ0n) is 9.55. The van der Waals surface area contributed by atoms with Crippen LogP contribution in [-0.2, 0) is 0 Å². The Morgan fingerprint density at radius 1 is 1.38 bits per heavy atom. The molecule has 1 aromatic rings. The van der Waals surface area contributed by atoms with Crippen LogP contribution in [0.25, 0.3) is 0 Å². The van der Waals surface area contributed by atoms with Gasteiger partial charge in [-0.25, -0.2) is 4.79 Å². The van der Waals surface area contributed by atoms with E-state index in [1.165, 1.54) is 0 Å². The third-order valence-electron chi connectivity index (χ3n) is 2.96. The molecule has 0 saturated heterocycles. The second kappa shape index (κ2) is 4.11. The lowest BCUT2D eigenvalue weighted by atomic mass is 10.2. The second-order valence-electron chi connectivity index (χ2n) is 4.33. The fourth-order valence-electron chi connectivity index (χ4n) is 2.23. The van der Waals surface area contributed by atoms with Crippen molar-refractivity contribution in [1.29, 1.82) is 0 Å². The third-order valence-corrected chi connectivity index (χ3v) is 2.96. The highest BCUT2D eigenvalue weighted by Gasteiger charge is 2.27. The quantitative estimate of drug-likeness (QED) is 0.834. The van der Waals surface area contributed by atoms with E-state index in [0.29, 0.717) is 5.95 Å². The molecule has 0 unspecified atom stereocenters. The first-order chi connectivity index (χ1) is 7.61. The molecule has 0 bridgehead atoms. The Hall–Kier alpha value is -1.59. The van der Waals surface area contributed by atoms with Gasteiger partial charge in [0.1, 0.15) is 0 Å². The Balaban J connectivity index is 2.44. The first-order valence-corrected chi connectivity index (χ1v) is 5.46. The summed E-state index contributed by atoms with van der Waals surface area (Å²) in [7, 11) is 3.70. The summed E-state index contributed by atoms with van der Waals surface area (Å²) in [4.78, 5) is 12.9. The van der Waals surface area contributed by atoms with Gasteiger partial charge < -0.3 is 10.0 Å². The first-order valence-electron chi connectivity index (χ1n) is 5.46. The van der Waals surface area contributed by atoms with E-state index in [2.05, 4.69) is 10.2 Å². The highest BCUT2D eigenvalue weighted by atomic mass is 16.4. The molecule has 6 heteroatoms. The standard InChI is InChI=1S/C10H16N4O2/c1-13(2)10-12-11-8(9(15)16)14(10)7-5-3-4-6-7/h7H,3-6H2,1-2H3,(H,15,16). The summed E-state index contributed by atoms with van der Waals surface area (Å²) in [6.45, 7) is 0. The number of nitrogens with zero attached hydrogens (tertiary/aromatic N) is 4. The van der Waals surface area contributed by atoms with Gasteiger partial charge in [0.05, 0.1) is 0 Å². The molecule has 0 radical (unpaired) electrons. The van der Waals surface area contributed by atoms with Gasteiger partial charge in [-0.15, -0.1) is 10.2 Å². The van der Waals surface area contributed by atoms with Crippen LogP contribution >= 0.6 is 0 Å². The van der Waals surface area contributed by atoms with Gasteiger partial charge in [0, 0.05) is 20.1 Å². The molecule has 1 aliphatic carbocycles. The number of hydrogen-bond donors (Lipinski definition) is 1. The third kappa shape index (κ3) is 1.75. The molecule has 1 aromatic heterocycles. The van der Waals surface area contributed by atoms with Crippen molar-refractivity contribution >= 4 is 11.9 Å². The topological polar surface area (TPSA) is 71.2 Å². The van der Waals surface area contributed by atoms with E-state index < -0.39 is 5.97 Å². The van der Waals surface area contributed by atoms with Crippen molar-refractivity contribution < 1.29 is 9.90 Å². The van der Waals surface area contributed by atoms with Crippen LogP contribution < -0.4 is 4.90 Å². The maximum atomic E-state index is 11.1. The molecule has 1 aliphatic rings. The largest absolute Gasteiger partial charge is 0.475 e. The molecule has 0 amide bonds. The minimum Gasteiger partial charge on any atom is -0.475 e. The minimum absolute atomic E-state index is 0.0515. The Bertz CT molecular complexity index is 394. The number of carboxylic acids is 1. The molecule has 0 spiro atoms. The van der Waals surface area contributed by atoms with Gasteiger partial charge in [0.2, 0.25) is 11.8 Å². The summed E-state index contributed by atoms with van der Waals surface area (Å²) in [6, 6.07) is 0.235. The molecule has 1 heterocycles. The zero-order chi connectivity index (χ0) is 11.7. The molecule has 88 valence electrons. The number of rotatable bonds is 3. The fourth-order valence-corrected chi connectivity index (χ4v) is 2.23. The monoisotopic (exact) mass is 224 g/mol. The predicted molar refractivity (Wildman–Crippen MR) is 58.8 cm³/mol. The van der Waals surface area contributed by atoms with Crippen LogP contribution in [0.15, 0.2) is 0 Å². The Kier molecular flexibility index (Phi) is 2.80. The van der Waals surface area contributed by atoms with E-state index >= 15 is 0 Å². The van der Waals surface area contributed by atoms with Crippen LogP contribution in [0.5, 0.6) is 0 Å². The van der Waals surface area contributed by atoms with Crippen molar-refractivity contribution in [3.63, 3.8) is 0 Å². The SMILES string of the molecule is CN(C)c1nnc(C(=O)O)n1C1CCCC1. The Morgan fingerprint density at radius 2 is 2.00 bits per heavy atom. The molecule has 1 N–H and O–H groups in total. The molecular weight excluding hydrogens is 208 g/mol. The van der Waals surface area contributed by atoms with E-state index in [0.717, 1.165) is 25.7 Å². The predicted octanol–water partition coefficient (Wildman–Crippen LogP) is 1.16. The molecule has 1 fully saturated rings. The van der Waals surface area contributed by atoms with E-state index in [4.69, 9.17) is 5.11 Å². The number of hydrogen-bond acceptors (Lipinski definition) is 4. The molecule has 0 atom stereocenters. The molecule has 1 saturated carbocycles. The maximum Gasteiger partial charge on any atom is 0.374 e. The zero-order valence-corrected chi connectivity index (χ0v) is 9.55. The van der Waals surface area contributed by atoms with Crippen molar-refractivity contribution in [2.75, 3.05) is 19.0 Å². The van der Waals surface area contributed by atoms with Crippen molar-refractivity contribution in [2.24, 2.45) is 0 Å². The lowest BCUT2D eigenvalue weighted by molar-refractivity contribution is 0.0675. The molecule has 0 aromatic carbocycles. The van der Waals surface area contributed by atoms with Gasteiger partial charge in [0.15, 0.2) is 0 Å². The van der Waals surface area contributed by atoms with Crippen molar-refractivity contribution in [3.8, 4) is 0 Å². The fraction of sp³-hybridized carbons (Fsp3) is 0.700. The molecule has 6 nitrogen and oxygen atoms in total. The minimum atomic E-state index is -1.01. The number of aromatic carboxylic acids is 1. The van der Waals surface area contributed by atoms with E-state index in [1.807, 2.05) is 14.1 Å². The smallest absolute Gasteiger partial charge is 0.374 e. The summed E-state index contributed by atoms with van der Waals surface area (Å²) in [6.07, 6.45) is 4.32. The summed E-state index contributed by atoms with van der Waals surface area (Å²) in [5, 5.41) is 16.8. The normalized spacial score (nSPS) is 16.6. The van der Waals surface area contributed by atoms with Crippen LogP contribution in [0.3, 0.4) is 0 Å². The maximum absolute atomic E-state index is 11.1. The van der Waals surface area contributed by atoms with E-state index in [-0.39, 0.29) is 11.9 Å². The van der Waals surface area contributed by atoms with Crippen LogP contribution in [0, 0.1) is 0 Å². The van der Waals surface area contributed by atoms with E-state index in [1.54, 1.807) is 9.47 Å². The average molecular weight is 224 g/mol. The summed E-state index contributed by atoms with van der Waals surface area (Å²) < 4.78 is 1.76. The van der Waals surface area contributed by atoms with Gasteiger partial charge in [-0.2, -0.15) is 0 Å². The number of anilines is 1. The summed E-state index contributed by atoms with van der Waals surface area (Å²) in [5.74, 6) is -0.326. The number of aromatic nitrogens is 3. The molecule has 2 rings (SSSR count). The lowest BCUT2D eigenvalue weighted by Crippen LogP contribution is -2.20. The van der Waals surface area contributed by atoms with Crippen molar-refractivity contribution in [1.82, 2.24) is 14.8 Å². The Morgan fingerprint density at radius 3 is 2.50 bits per heavy atom. The summed E-state index contributed by atoms with van der Waals surface area (Å²) >= 11 is 0. The first kappa shape index (κ1) is 10.9. The van der Waals surface area contributed by atoms with Crippen LogP contribution in [0.2, 0.25) is 0 Å². The van der Waals surface area contributed by atoms with E-state index in [9.17, 15) is 4.79 Å². The van der Waals surface area contributed by atoms with Crippen LogP contribution in [-0.4, -0.2) is 39.9 Å². The summed E-state index contributed by atoms with van der Waals surface area (Å²) in [5.41, 5.74) is 0. The van der Waals surface area contributed by atoms with Crippen LogP contribution in [0.1, 0.15) is 42.3 Å². The molecular formula is C10H16N4O2. The van der Waals surface area contributed by atoms with Crippen LogP contribution in [0.4, 0.5) is 5.95 Å². The highest BCUT2D eigenvalue weighted by molar-refractivity contribution is 5.84. The Labute approximate surface area is 93.9 Å². The average Bonchev–Trinajstić information content (AvgIpc) is 2.85. The highest BCUT2D eigenvalue weighted by Crippen LogP contribution is 2.33. The van der Waals surface area contributed by atoms with Gasteiger partial charge >= 0.3 is 5.97 Å². The lowest BCUT2D eigenvalue weighted by Gasteiger charge is -2.19. The molecule has 0 aliphatic heterocycles. The molecule has 16 heavy (non-hydrogen) atoms.